The number of hydrogen-bond donors (Lipinski definition) is 3. The maximum atomic E-state index is 9.81. The van der Waals surface area contributed by atoms with Gasteiger partial charge in [-0.05, 0) is 6.92 Å². The lowest BCUT2D eigenvalue weighted by molar-refractivity contribution is -0.120. The van der Waals surface area contributed by atoms with Crippen LogP contribution >= 0.6 is 7.82 Å². The van der Waals surface area contributed by atoms with Crippen molar-refractivity contribution in [2.24, 2.45) is 0 Å². The van der Waals surface area contributed by atoms with E-state index in [0.717, 1.165) is 0 Å². The van der Waals surface area contributed by atoms with Crippen molar-refractivity contribution in [1.82, 2.24) is 0 Å². The van der Waals surface area contributed by atoms with Crippen LogP contribution in [0.5, 0.6) is 0 Å². The van der Waals surface area contributed by atoms with Crippen molar-refractivity contribution in [3.05, 3.63) is 0 Å². The number of carbonyl (C=O) groups is 2. The molecule has 7 heteroatoms. The van der Waals surface area contributed by atoms with E-state index in [1.807, 2.05) is 0 Å². The summed E-state index contributed by atoms with van der Waals surface area (Å²) in [5, 5.41) is 0. The molecule has 6 nitrogen and oxygen atoms in total. The molecule has 0 saturated heterocycles. The molecule has 0 bridgehead atoms. The average Bonchev–Trinajstić information content (AvgIpc) is 1.58. The summed E-state index contributed by atoms with van der Waals surface area (Å²) >= 11 is 0. The van der Waals surface area contributed by atoms with E-state index in [1.54, 1.807) is 0 Å². The fourth-order valence-corrected chi connectivity index (χ4v) is 0.117. The van der Waals surface area contributed by atoms with Gasteiger partial charge < -0.3 is 19.5 Å². The van der Waals surface area contributed by atoms with Crippen LogP contribution in [0, 0.1) is 0 Å². The van der Waals surface area contributed by atoms with Gasteiger partial charge in [-0.2, -0.15) is 0 Å². The van der Waals surface area contributed by atoms with Crippen molar-refractivity contribution in [2.75, 3.05) is 0 Å². The highest BCUT2D eigenvalue weighted by molar-refractivity contribution is 7.45. The SMILES string of the molecule is CC(=O)CC=O.O=P(O)(O)O. The Morgan fingerprint density at radius 3 is 1.73 bits per heavy atom. The van der Waals surface area contributed by atoms with Gasteiger partial charge in [-0.3, -0.25) is 4.79 Å². The first kappa shape index (κ1) is 13.1. The number of phosphoric acid groups is 1. The van der Waals surface area contributed by atoms with Crippen molar-refractivity contribution < 1.29 is 28.8 Å². The van der Waals surface area contributed by atoms with Crippen LogP contribution in [0.3, 0.4) is 0 Å². The van der Waals surface area contributed by atoms with Crippen LogP contribution in [0.1, 0.15) is 13.3 Å². The monoisotopic (exact) mass is 184 g/mol. The normalized spacial score (nSPS) is 9.45. The molecule has 0 aliphatic heterocycles. The van der Waals surface area contributed by atoms with Gasteiger partial charge in [-0.15, -0.1) is 0 Å². The van der Waals surface area contributed by atoms with Crippen molar-refractivity contribution in [1.29, 1.82) is 0 Å². The van der Waals surface area contributed by atoms with E-state index in [0.29, 0.717) is 6.29 Å². The summed E-state index contributed by atoms with van der Waals surface area (Å²) in [5.41, 5.74) is 0. The molecule has 0 aliphatic rings. The third-order valence-electron chi connectivity index (χ3n) is 0.371. The van der Waals surface area contributed by atoms with Crippen molar-refractivity contribution in [3.8, 4) is 0 Å². The Labute approximate surface area is 63.1 Å². The molecule has 0 spiro atoms. The van der Waals surface area contributed by atoms with Crippen LogP contribution in [0.2, 0.25) is 0 Å². The minimum absolute atomic E-state index is 0.0556. The molecule has 0 aliphatic carbocycles. The van der Waals surface area contributed by atoms with Gasteiger partial charge >= 0.3 is 7.82 Å². The van der Waals surface area contributed by atoms with E-state index >= 15 is 0 Å². The molecule has 3 N–H and O–H groups in total. The number of Topliss-reactive ketones (excluding diaryl/α,β-unsaturated/α-hetero) is 1. The zero-order valence-electron chi connectivity index (χ0n) is 5.80. The smallest absolute Gasteiger partial charge is 0.303 e. The molecule has 0 aromatic rings. The summed E-state index contributed by atoms with van der Waals surface area (Å²) in [7, 11) is -4.64. The lowest BCUT2D eigenvalue weighted by Crippen LogP contribution is -1.87. The Bertz CT molecular complexity index is 161. The van der Waals surface area contributed by atoms with Gasteiger partial charge in [-0.25, -0.2) is 4.57 Å². The molecular weight excluding hydrogens is 175 g/mol. The third-order valence-corrected chi connectivity index (χ3v) is 0.371. The van der Waals surface area contributed by atoms with E-state index in [9.17, 15) is 9.59 Å². The molecule has 0 rings (SSSR count). The van der Waals surface area contributed by atoms with Crippen molar-refractivity contribution in [2.45, 2.75) is 13.3 Å². The van der Waals surface area contributed by atoms with E-state index in [2.05, 4.69) is 0 Å². The van der Waals surface area contributed by atoms with Gasteiger partial charge in [-0.1, -0.05) is 0 Å². The van der Waals surface area contributed by atoms with E-state index in [4.69, 9.17) is 19.2 Å². The zero-order chi connectivity index (χ0) is 9.49. The van der Waals surface area contributed by atoms with Gasteiger partial charge in [0.2, 0.25) is 0 Å². The van der Waals surface area contributed by atoms with Gasteiger partial charge in [0.25, 0.3) is 0 Å². The van der Waals surface area contributed by atoms with E-state index in [1.165, 1.54) is 6.92 Å². The Morgan fingerprint density at radius 2 is 1.73 bits per heavy atom. The molecule has 0 aromatic heterocycles. The minimum atomic E-state index is -4.64. The molecule has 0 atom stereocenters. The second-order valence-corrected chi connectivity index (χ2v) is 2.61. The van der Waals surface area contributed by atoms with Crippen LogP contribution in [-0.4, -0.2) is 26.7 Å². The van der Waals surface area contributed by atoms with Crippen LogP contribution in [0.15, 0.2) is 0 Å². The fourth-order valence-electron chi connectivity index (χ4n) is 0.117. The first-order valence-electron chi connectivity index (χ1n) is 2.48. The van der Waals surface area contributed by atoms with Crippen LogP contribution in [-0.2, 0) is 14.2 Å². The first-order chi connectivity index (χ1) is 4.77. The van der Waals surface area contributed by atoms with Crippen LogP contribution in [0.4, 0.5) is 0 Å². The van der Waals surface area contributed by atoms with Gasteiger partial charge in [0.05, 0.1) is 6.42 Å². The first-order valence-corrected chi connectivity index (χ1v) is 4.05. The van der Waals surface area contributed by atoms with Gasteiger partial charge in [0, 0.05) is 0 Å². The molecule has 11 heavy (non-hydrogen) atoms. The van der Waals surface area contributed by atoms with Crippen LogP contribution < -0.4 is 0 Å². The highest BCUT2D eigenvalue weighted by Gasteiger charge is 2.00. The highest BCUT2D eigenvalue weighted by Crippen LogP contribution is 2.25. The lowest BCUT2D eigenvalue weighted by atomic mass is 10.3. The minimum Gasteiger partial charge on any atom is -0.303 e. The van der Waals surface area contributed by atoms with E-state index < -0.39 is 7.82 Å². The average molecular weight is 184 g/mol. The number of rotatable bonds is 2. The molecule has 0 amide bonds. The van der Waals surface area contributed by atoms with Crippen LogP contribution in [0.25, 0.3) is 0 Å². The largest absolute Gasteiger partial charge is 0.466 e. The summed E-state index contributed by atoms with van der Waals surface area (Å²) in [6, 6.07) is 0. The Kier molecular flexibility index (Phi) is 7.34. The highest BCUT2D eigenvalue weighted by atomic mass is 31.2. The van der Waals surface area contributed by atoms with Crippen molar-refractivity contribution >= 4 is 19.9 Å². The second kappa shape index (κ2) is 6.18. The second-order valence-electron chi connectivity index (χ2n) is 1.59. The predicted octanol–water partition coefficient (Wildman–Crippen LogP) is -0.764. The molecule has 0 saturated carbocycles. The Morgan fingerprint density at radius 1 is 1.45 bits per heavy atom. The molecule has 0 aromatic carbocycles. The maximum absolute atomic E-state index is 9.81. The zero-order valence-corrected chi connectivity index (χ0v) is 6.69. The fraction of sp³-hybridized carbons (Fsp3) is 0.500. The Hall–Kier alpha value is -0.550. The number of aldehydes is 1. The molecular formula is C4H9O6P. The number of hydrogen-bond acceptors (Lipinski definition) is 3. The summed E-state index contributed by atoms with van der Waals surface area (Å²) < 4.78 is 8.88. The summed E-state index contributed by atoms with van der Waals surface area (Å²) in [4.78, 5) is 40.8. The molecule has 66 valence electrons. The lowest BCUT2D eigenvalue weighted by Gasteiger charge is -1.82. The number of carbonyl (C=O) groups excluding carboxylic acids is 2. The maximum Gasteiger partial charge on any atom is 0.466 e. The quantitative estimate of drug-likeness (QED) is 0.295. The topological polar surface area (TPSA) is 112 Å². The van der Waals surface area contributed by atoms with Crippen molar-refractivity contribution in [3.63, 3.8) is 0 Å². The molecule has 0 fully saturated rings. The predicted molar refractivity (Wildman–Crippen MR) is 35.6 cm³/mol. The standard InChI is InChI=1S/C4H6O2.H3O4P/c1-4(6)2-3-5;1-5(2,3)4/h3H,2H2,1H3;(H3,1,2,3,4). The summed E-state index contributed by atoms with van der Waals surface area (Å²) in [5.74, 6) is -0.0787. The third kappa shape index (κ3) is 87.4. The van der Waals surface area contributed by atoms with Gasteiger partial charge in [0.1, 0.15) is 12.1 Å². The van der Waals surface area contributed by atoms with Gasteiger partial charge in [0.15, 0.2) is 0 Å². The molecule has 0 unspecified atom stereocenters. The number of ketones is 1. The molecule has 0 heterocycles. The Balaban J connectivity index is 0. The van der Waals surface area contributed by atoms with E-state index in [-0.39, 0.29) is 12.2 Å². The summed E-state index contributed by atoms with van der Waals surface area (Å²) in [6.45, 7) is 1.38. The molecule has 0 radical (unpaired) electrons. The summed E-state index contributed by atoms with van der Waals surface area (Å²) in [6.07, 6.45) is 0.655.